The van der Waals surface area contributed by atoms with Gasteiger partial charge in [-0.3, -0.25) is 14.9 Å². The van der Waals surface area contributed by atoms with Crippen LogP contribution in [0, 0.1) is 0 Å². The van der Waals surface area contributed by atoms with Crippen LogP contribution in [0.5, 0.6) is 0 Å². The summed E-state index contributed by atoms with van der Waals surface area (Å²) in [7, 11) is 0. The highest BCUT2D eigenvalue weighted by Crippen LogP contribution is 2.28. The average molecular weight is 325 g/mol. The zero-order valence-electron chi connectivity index (χ0n) is 13.2. The van der Waals surface area contributed by atoms with Crippen LogP contribution >= 0.6 is 0 Å². The maximum absolute atomic E-state index is 5.88. The lowest BCUT2D eigenvalue weighted by atomic mass is 9.96. The van der Waals surface area contributed by atoms with Crippen molar-refractivity contribution in [2.45, 2.75) is 25.3 Å². The largest absolute Gasteiger partial charge is 0.382 e. The predicted octanol–water partition coefficient (Wildman–Crippen LogP) is 0.687. The van der Waals surface area contributed by atoms with E-state index in [1.807, 2.05) is 6.20 Å². The lowest BCUT2D eigenvalue weighted by molar-refractivity contribution is 0.200. The molecule has 3 aromatic rings. The first-order chi connectivity index (χ1) is 11.7. The van der Waals surface area contributed by atoms with Crippen molar-refractivity contribution in [2.24, 2.45) is 0 Å². The van der Waals surface area contributed by atoms with Gasteiger partial charge in [0.1, 0.15) is 11.3 Å². The molecule has 9 heteroatoms. The Morgan fingerprint density at radius 2 is 1.96 bits per heavy atom. The van der Waals surface area contributed by atoms with Crippen molar-refractivity contribution in [3.63, 3.8) is 0 Å². The molecule has 24 heavy (non-hydrogen) atoms. The third-order valence-electron chi connectivity index (χ3n) is 4.39. The summed E-state index contributed by atoms with van der Waals surface area (Å²) in [6.45, 7) is 2.80. The monoisotopic (exact) mass is 325 g/mol. The van der Waals surface area contributed by atoms with E-state index in [-0.39, 0.29) is 5.95 Å². The van der Waals surface area contributed by atoms with Gasteiger partial charge in [0.2, 0.25) is 5.95 Å². The first-order valence-corrected chi connectivity index (χ1v) is 7.95. The van der Waals surface area contributed by atoms with Gasteiger partial charge in [0, 0.05) is 31.1 Å². The number of rotatable bonds is 3. The number of aromatic nitrogens is 6. The van der Waals surface area contributed by atoms with Gasteiger partial charge < -0.3 is 16.5 Å². The lowest BCUT2D eigenvalue weighted by Crippen LogP contribution is -2.33. The normalized spacial score (nSPS) is 16.7. The number of piperidine rings is 1. The van der Waals surface area contributed by atoms with E-state index in [1.54, 1.807) is 12.4 Å². The number of anilines is 2. The molecule has 1 saturated heterocycles. The van der Waals surface area contributed by atoms with Crippen LogP contribution in [-0.4, -0.2) is 47.9 Å². The highest BCUT2D eigenvalue weighted by atomic mass is 15.1. The zero-order chi connectivity index (χ0) is 16.5. The molecule has 0 saturated carbocycles. The maximum Gasteiger partial charge on any atom is 0.224 e. The van der Waals surface area contributed by atoms with Gasteiger partial charge in [-0.2, -0.15) is 9.97 Å². The van der Waals surface area contributed by atoms with Crippen molar-refractivity contribution in [3.8, 4) is 0 Å². The first kappa shape index (κ1) is 14.8. The summed E-state index contributed by atoms with van der Waals surface area (Å²) in [4.78, 5) is 26.8. The maximum atomic E-state index is 5.88. The number of aromatic amines is 1. The van der Waals surface area contributed by atoms with Crippen LogP contribution in [0.1, 0.15) is 30.3 Å². The fourth-order valence-electron chi connectivity index (χ4n) is 3.15. The van der Waals surface area contributed by atoms with Crippen LogP contribution in [-0.2, 0) is 6.54 Å². The molecule has 0 atom stereocenters. The molecule has 0 spiro atoms. The molecule has 4 heterocycles. The topological polar surface area (TPSA) is 136 Å². The molecule has 1 aliphatic rings. The minimum Gasteiger partial charge on any atom is -0.382 e. The highest BCUT2D eigenvalue weighted by molar-refractivity contribution is 5.82. The fraction of sp³-hybridized carbons (Fsp3) is 0.400. The van der Waals surface area contributed by atoms with Gasteiger partial charge in [0.25, 0.3) is 0 Å². The summed E-state index contributed by atoms with van der Waals surface area (Å²) in [6.07, 6.45) is 7.27. The van der Waals surface area contributed by atoms with Gasteiger partial charge in [-0.05, 0) is 25.9 Å². The molecule has 4 rings (SSSR count). The van der Waals surface area contributed by atoms with Crippen molar-refractivity contribution < 1.29 is 0 Å². The predicted molar refractivity (Wildman–Crippen MR) is 89.8 cm³/mol. The van der Waals surface area contributed by atoms with Gasteiger partial charge in [0.15, 0.2) is 11.5 Å². The molecule has 5 N–H and O–H groups in total. The third-order valence-corrected chi connectivity index (χ3v) is 4.39. The van der Waals surface area contributed by atoms with Crippen molar-refractivity contribution in [2.75, 3.05) is 24.6 Å². The second-order valence-corrected chi connectivity index (χ2v) is 6.03. The van der Waals surface area contributed by atoms with E-state index in [0.29, 0.717) is 22.9 Å². The Morgan fingerprint density at radius 3 is 2.71 bits per heavy atom. The van der Waals surface area contributed by atoms with Crippen LogP contribution in [0.4, 0.5) is 11.8 Å². The Bertz CT molecular complexity index is 837. The zero-order valence-corrected chi connectivity index (χ0v) is 13.2. The summed E-state index contributed by atoms with van der Waals surface area (Å²) in [5.74, 6) is 1.77. The van der Waals surface area contributed by atoms with Crippen LogP contribution in [0.2, 0.25) is 0 Å². The Hall–Kier alpha value is -2.81. The molecule has 0 aromatic carbocycles. The number of hydrogen-bond donors (Lipinski definition) is 3. The molecular formula is C15H19N9. The van der Waals surface area contributed by atoms with E-state index >= 15 is 0 Å². The lowest BCUT2D eigenvalue weighted by Gasteiger charge is -2.30. The third kappa shape index (κ3) is 2.85. The van der Waals surface area contributed by atoms with E-state index in [9.17, 15) is 0 Å². The number of nitrogens with zero attached hydrogens (tertiary/aromatic N) is 6. The minimum absolute atomic E-state index is 0.150. The molecule has 0 aliphatic carbocycles. The first-order valence-electron chi connectivity index (χ1n) is 7.95. The van der Waals surface area contributed by atoms with Gasteiger partial charge in [-0.15, -0.1) is 0 Å². The summed E-state index contributed by atoms with van der Waals surface area (Å²) < 4.78 is 0. The molecule has 1 fully saturated rings. The molecule has 0 amide bonds. The SMILES string of the molecule is Nc1nc(N)c2[nH]c(C3CCN(Cc4cnccn4)CC3)nc2n1. The van der Waals surface area contributed by atoms with Crippen LogP contribution in [0.3, 0.4) is 0 Å². The van der Waals surface area contributed by atoms with E-state index < -0.39 is 0 Å². The van der Waals surface area contributed by atoms with Crippen molar-refractivity contribution in [1.29, 1.82) is 0 Å². The Morgan fingerprint density at radius 1 is 1.12 bits per heavy atom. The molecule has 0 radical (unpaired) electrons. The Labute approximate surface area is 138 Å². The van der Waals surface area contributed by atoms with Crippen molar-refractivity contribution >= 4 is 22.9 Å². The van der Waals surface area contributed by atoms with E-state index in [4.69, 9.17) is 11.5 Å². The molecule has 3 aromatic heterocycles. The number of H-pyrrole nitrogens is 1. The number of nitrogens with one attached hydrogen (secondary N) is 1. The molecule has 0 unspecified atom stereocenters. The van der Waals surface area contributed by atoms with Gasteiger partial charge in [-0.1, -0.05) is 0 Å². The van der Waals surface area contributed by atoms with Crippen LogP contribution in [0.25, 0.3) is 11.2 Å². The van der Waals surface area contributed by atoms with Crippen molar-refractivity contribution in [3.05, 3.63) is 30.1 Å². The van der Waals surface area contributed by atoms with Gasteiger partial charge in [-0.25, -0.2) is 4.98 Å². The Kier molecular flexibility index (Phi) is 3.69. The Balaban J connectivity index is 1.45. The summed E-state index contributed by atoms with van der Waals surface area (Å²) >= 11 is 0. The molecule has 0 bridgehead atoms. The second kappa shape index (κ2) is 6.00. The smallest absolute Gasteiger partial charge is 0.224 e. The summed E-state index contributed by atoms with van der Waals surface area (Å²) in [5.41, 5.74) is 13.7. The number of nitrogens with two attached hydrogens (primary N) is 2. The number of hydrogen-bond acceptors (Lipinski definition) is 8. The van der Waals surface area contributed by atoms with Crippen LogP contribution < -0.4 is 11.5 Å². The second-order valence-electron chi connectivity index (χ2n) is 6.03. The number of imidazole rings is 1. The van der Waals surface area contributed by atoms with Gasteiger partial charge >= 0.3 is 0 Å². The summed E-state index contributed by atoms with van der Waals surface area (Å²) in [5, 5.41) is 0. The van der Waals surface area contributed by atoms with Gasteiger partial charge in [0.05, 0.1) is 5.69 Å². The summed E-state index contributed by atoms with van der Waals surface area (Å²) in [6, 6.07) is 0. The fourth-order valence-corrected chi connectivity index (χ4v) is 3.15. The molecule has 9 nitrogen and oxygen atoms in total. The average Bonchev–Trinajstić information content (AvgIpc) is 3.01. The highest BCUT2D eigenvalue weighted by Gasteiger charge is 2.24. The molecular weight excluding hydrogens is 306 g/mol. The quantitative estimate of drug-likeness (QED) is 0.640. The van der Waals surface area contributed by atoms with Crippen LogP contribution in [0.15, 0.2) is 18.6 Å². The van der Waals surface area contributed by atoms with E-state index in [1.165, 1.54) is 0 Å². The van der Waals surface area contributed by atoms with Crippen molar-refractivity contribution in [1.82, 2.24) is 34.8 Å². The minimum atomic E-state index is 0.150. The number of nitrogen functional groups attached to an aromatic ring is 2. The molecule has 124 valence electrons. The van der Waals surface area contributed by atoms with E-state index in [2.05, 4.69) is 34.8 Å². The molecule has 1 aliphatic heterocycles. The number of fused-ring (bicyclic) bond motifs is 1. The standard InChI is InChI=1S/C15H19N9/c16-12-11-14(23-15(17)21-12)22-13(20-11)9-1-5-24(6-2-9)8-10-7-18-3-4-19-10/h3-4,7,9H,1-2,5-6,8H2,(H5,16,17,20,21,22,23). The van der Waals surface area contributed by atoms with E-state index in [0.717, 1.165) is 44.0 Å². The number of likely N-dealkylation sites (tertiary alicyclic amines) is 1.